The van der Waals surface area contributed by atoms with Crippen LogP contribution in [0.5, 0.6) is 0 Å². The minimum Gasteiger partial charge on any atom is -0.277 e. The van der Waals surface area contributed by atoms with E-state index in [0.717, 1.165) is 10.4 Å². The smallest absolute Gasteiger partial charge is 0.262 e. The second kappa shape index (κ2) is 6.89. The standard InChI is InChI=1S/C14H14Cl2N2O4S2/c1-18(2)24(21,22)11-6-3-5-10(9-11)23(19,20)17-14-12(15)7-4-8-13(14)16/h3-9,17H,1-2H3. The second-order valence-corrected chi connectivity index (χ2v) is 9.61. The lowest BCUT2D eigenvalue weighted by Crippen LogP contribution is -2.22. The topological polar surface area (TPSA) is 83.6 Å². The van der Waals surface area contributed by atoms with E-state index < -0.39 is 20.0 Å². The highest BCUT2D eigenvalue weighted by Gasteiger charge is 2.22. The van der Waals surface area contributed by atoms with Crippen molar-refractivity contribution in [3.63, 3.8) is 0 Å². The zero-order valence-electron chi connectivity index (χ0n) is 12.7. The Kier molecular flexibility index (Phi) is 5.46. The van der Waals surface area contributed by atoms with E-state index in [-0.39, 0.29) is 25.5 Å². The molecule has 0 aromatic heterocycles. The predicted octanol–water partition coefficient (Wildman–Crippen LogP) is 3.04. The van der Waals surface area contributed by atoms with Gasteiger partial charge in [0, 0.05) is 14.1 Å². The zero-order valence-corrected chi connectivity index (χ0v) is 15.8. The molecule has 2 aromatic rings. The van der Waals surface area contributed by atoms with Crippen molar-refractivity contribution in [3.8, 4) is 0 Å². The van der Waals surface area contributed by atoms with Crippen LogP contribution in [0.15, 0.2) is 52.3 Å². The van der Waals surface area contributed by atoms with E-state index in [1.165, 1.54) is 44.4 Å². The SMILES string of the molecule is CN(C)S(=O)(=O)c1cccc(S(=O)(=O)Nc2c(Cl)cccc2Cl)c1. The Hall–Kier alpha value is -1.32. The molecule has 1 N–H and O–H groups in total. The Morgan fingerprint density at radius 1 is 0.875 bits per heavy atom. The first kappa shape index (κ1) is 19.0. The molecule has 6 nitrogen and oxygen atoms in total. The molecule has 0 fully saturated rings. The first-order valence-corrected chi connectivity index (χ1v) is 10.2. The molecule has 0 aliphatic heterocycles. The molecule has 10 heteroatoms. The third kappa shape index (κ3) is 3.84. The first-order chi connectivity index (χ1) is 11.1. The van der Waals surface area contributed by atoms with Gasteiger partial charge in [0.25, 0.3) is 10.0 Å². The number of halogens is 2. The number of benzene rings is 2. The third-order valence-corrected chi connectivity index (χ3v) is 6.88. The van der Waals surface area contributed by atoms with Gasteiger partial charge in [-0.1, -0.05) is 35.3 Å². The number of hydrogen-bond donors (Lipinski definition) is 1. The van der Waals surface area contributed by atoms with Crippen molar-refractivity contribution in [1.29, 1.82) is 0 Å². The van der Waals surface area contributed by atoms with Crippen molar-refractivity contribution in [2.45, 2.75) is 9.79 Å². The molecule has 0 saturated heterocycles. The maximum absolute atomic E-state index is 12.5. The van der Waals surface area contributed by atoms with E-state index in [0.29, 0.717) is 0 Å². The molecule has 0 radical (unpaired) electrons. The van der Waals surface area contributed by atoms with Crippen molar-refractivity contribution < 1.29 is 16.8 Å². The Balaban J connectivity index is 2.48. The normalized spacial score (nSPS) is 12.4. The van der Waals surface area contributed by atoms with E-state index in [1.54, 1.807) is 6.07 Å². The molecule has 0 aliphatic carbocycles. The van der Waals surface area contributed by atoms with Crippen LogP contribution in [0.3, 0.4) is 0 Å². The van der Waals surface area contributed by atoms with Crippen LogP contribution in [-0.4, -0.2) is 35.2 Å². The molecule has 0 saturated carbocycles. The minimum atomic E-state index is -4.07. The highest BCUT2D eigenvalue weighted by molar-refractivity contribution is 7.93. The largest absolute Gasteiger partial charge is 0.277 e. The highest BCUT2D eigenvalue weighted by atomic mass is 35.5. The third-order valence-electron chi connectivity index (χ3n) is 3.09. The summed E-state index contributed by atoms with van der Waals surface area (Å²) in [6, 6.07) is 9.56. The summed E-state index contributed by atoms with van der Waals surface area (Å²) >= 11 is 11.9. The molecule has 0 aliphatic rings. The van der Waals surface area contributed by atoms with Gasteiger partial charge in [-0.25, -0.2) is 21.1 Å². The number of sulfonamides is 2. The minimum absolute atomic E-state index is 0.0294. The maximum atomic E-state index is 12.5. The number of nitrogens with zero attached hydrogens (tertiary/aromatic N) is 1. The van der Waals surface area contributed by atoms with Crippen LogP contribution in [0.1, 0.15) is 0 Å². The van der Waals surface area contributed by atoms with Crippen LogP contribution in [0, 0.1) is 0 Å². The molecule has 0 atom stereocenters. The molecule has 2 aromatic carbocycles. The number of anilines is 1. The van der Waals surface area contributed by atoms with Crippen LogP contribution >= 0.6 is 23.2 Å². The van der Waals surface area contributed by atoms with Gasteiger partial charge in [0.05, 0.1) is 25.5 Å². The van der Waals surface area contributed by atoms with Crippen LogP contribution in [-0.2, 0) is 20.0 Å². The first-order valence-electron chi connectivity index (χ1n) is 6.55. The summed E-state index contributed by atoms with van der Waals surface area (Å²) in [5.74, 6) is 0. The monoisotopic (exact) mass is 408 g/mol. The Labute approximate surface area is 151 Å². The number of rotatable bonds is 5. The van der Waals surface area contributed by atoms with Gasteiger partial charge in [-0.3, -0.25) is 4.72 Å². The summed E-state index contributed by atoms with van der Waals surface area (Å²) in [7, 11) is -5.11. The average molecular weight is 409 g/mol. The molecule has 0 spiro atoms. The van der Waals surface area contributed by atoms with Gasteiger partial charge in [0.1, 0.15) is 0 Å². The Morgan fingerprint density at radius 2 is 1.38 bits per heavy atom. The van der Waals surface area contributed by atoms with Crippen molar-refractivity contribution in [3.05, 3.63) is 52.5 Å². The van der Waals surface area contributed by atoms with Crippen molar-refractivity contribution >= 4 is 48.9 Å². The summed E-state index contributed by atoms with van der Waals surface area (Å²) < 4.78 is 52.6. The number of para-hydroxylation sites is 1. The molecular weight excluding hydrogens is 395 g/mol. The van der Waals surface area contributed by atoms with Gasteiger partial charge in [-0.15, -0.1) is 0 Å². The predicted molar refractivity (Wildman–Crippen MR) is 94.6 cm³/mol. The van der Waals surface area contributed by atoms with Crippen molar-refractivity contribution in [2.75, 3.05) is 18.8 Å². The van der Waals surface area contributed by atoms with E-state index in [9.17, 15) is 16.8 Å². The molecule has 0 amide bonds. The average Bonchev–Trinajstić information content (AvgIpc) is 2.51. The van der Waals surface area contributed by atoms with Gasteiger partial charge < -0.3 is 0 Å². The summed E-state index contributed by atoms with van der Waals surface area (Å²) in [5.41, 5.74) is 0.0294. The van der Waals surface area contributed by atoms with E-state index in [4.69, 9.17) is 23.2 Å². The van der Waals surface area contributed by atoms with Gasteiger partial charge in [-0.2, -0.15) is 0 Å². The number of nitrogens with one attached hydrogen (secondary N) is 1. The maximum Gasteiger partial charge on any atom is 0.262 e. The van der Waals surface area contributed by atoms with E-state index >= 15 is 0 Å². The molecule has 130 valence electrons. The summed E-state index contributed by atoms with van der Waals surface area (Å²) in [6.07, 6.45) is 0. The van der Waals surface area contributed by atoms with Gasteiger partial charge in [-0.05, 0) is 30.3 Å². The Morgan fingerprint density at radius 3 is 1.92 bits per heavy atom. The number of hydrogen-bond acceptors (Lipinski definition) is 4. The molecule has 0 unspecified atom stereocenters. The quantitative estimate of drug-likeness (QED) is 0.823. The fraction of sp³-hybridized carbons (Fsp3) is 0.143. The molecule has 0 bridgehead atoms. The second-order valence-electron chi connectivity index (χ2n) is 4.96. The molecule has 2 rings (SSSR count). The highest BCUT2D eigenvalue weighted by Crippen LogP contribution is 2.32. The summed E-state index contributed by atoms with van der Waals surface area (Å²) in [6.45, 7) is 0. The van der Waals surface area contributed by atoms with Crippen LogP contribution in [0.2, 0.25) is 10.0 Å². The van der Waals surface area contributed by atoms with Crippen molar-refractivity contribution in [2.24, 2.45) is 0 Å². The fourth-order valence-corrected chi connectivity index (χ4v) is 4.57. The Bertz CT molecular complexity index is 954. The van der Waals surface area contributed by atoms with Crippen LogP contribution < -0.4 is 4.72 Å². The molecule has 0 heterocycles. The summed E-state index contributed by atoms with van der Waals surface area (Å²) in [5, 5.41) is 0.256. The van der Waals surface area contributed by atoms with E-state index in [2.05, 4.69) is 4.72 Å². The lowest BCUT2D eigenvalue weighted by molar-refractivity contribution is 0.520. The summed E-state index contributed by atoms with van der Waals surface area (Å²) in [4.78, 5) is -0.359. The lowest BCUT2D eigenvalue weighted by Gasteiger charge is -2.14. The van der Waals surface area contributed by atoms with Crippen molar-refractivity contribution in [1.82, 2.24) is 4.31 Å². The van der Waals surface area contributed by atoms with Crippen LogP contribution in [0.4, 0.5) is 5.69 Å². The zero-order chi connectivity index (χ0) is 18.1. The molecule has 24 heavy (non-hydrogen) atoms. The van der Waals surface area contributed by atoms with Gasteiger partial charge >= 0.3 is 0 Å². The lowest BCUT2D eigenvalue weighted by atomic mass is 10.3. The molecular formula is C14H14Cl2N2O4S2. The fourth-order valence-electron chi connectivity index (χ4n) is 1.80. The van der Waals surface area contributed by atoms with Gasteiger partial charge in [0.15, 0.2) is 0 Å². The van der Waals surface area contributed by atoms with Crippen LogP contribution in [0.25, 0.3) is 0 Å². The van der Waals surface area contributed by atoms with Gasteiger partial charge in [0.2, 0.25) is 10.0 Å². The van der Waals surface area contributed by atoms with E-state index in [1.807, 2.05) is 0 Å².